The van der Waals surface area contributed by atoms with Crippen LogP contribution in [0.2, 0.25) is 0 Å². The second-order valence-electron chi connectivity index (χ2n) is 17.3. The lowest BCUT2D eigenvalue weighted by atomic mass is 9.64. The van der Waals surface area contributed by atoms with Crippen molar-refractivity contribution in [3.63, 3.8) is 0 Å². The van der Waals surface area contributed by atoms with E-state index in [1.807, 2.05) is 82.5 Å². The number of unbranched alkanes of at least 4 members (excludes halogenated alkanes) is 3. The van der Waals surface area contributed by atoms with Crippen molar-refractivity contribution < 1.29 is 0 Å². The van der Waals surface area contributed by atoms with E-state index in [1.165, 1.54) is 98.9 Å². The highest BCUT2D eigenvalue weighted by Gasteiger charge is 2.38. The first kappa shape index (κ1) is 44.6. The van der Waals surface area contributed by atoms with Crippen molar-refractivity contribution in [3.8, 4) is 73.1 Å². The summed E-state index contributed by atoms with van der Waals surface area (Å²) in [5.74, 6) is 0. The third-order valence-corrected chi connectivity index (χ3v) is 18.1. The van der Waals surface area contributed by atoms with Crippen LogP contribution in [-0.4, -0.2) is 15.0 Å². The van der Waals surface area contributed by atoms with Gasteiger partial charge in [0.05, 0.1) is 5.41 Å². The Morgan fingerprint density at radius 3 is 0.971 bits per heavy atom. The molecule has 0 saturated heterocycles. The van der Waals surface area contributed by atoms with Gasteiger partial charge in [-0.1, -0.05) is 123 Å². The maximum Gasteiger partial charge on any atom is 0.0701 e. The van der Waals surface area contributed by atoms with Crippen molar-refractivity contribution in [1.82, 2.24) is 15.0 Å². The number of thiophene rings is 4. The normalized spacial score (nSPS) is 11.6. The van der Waals surface area contributed by atoms with E-state index in [4.69, 9.17) is 0 Å². The van der Waals surface area contributed by atoms with E-state index < -0.39 is 5.41 Å². The molecule has 11 rings (SSSR count). The molecule has 3 nitrogen and oxygen atoms in total. The highest BCUT2D eigenvalue weighted by molar-refractivity contribution is 7.29. The maximum absolute atomic E-state index is 4.28. The van der Waals surface area contributed by atoms with Crippen LogP contribution in [-0.2, 0) is 11.8 Å². The Kier molecular flexibility index (Phi) is 13.2. The fourth-order valence-electron chi connectivity index (χ4n) is 9.46. The molecule has 0 atom stereocenters. The van der Waals surface area contributed by atoms with Crippen molar-refractivity contribution in [1.29, 1.82) is 0 Å². The van der Waals surface area contributed by atoms with Crippen LogP contribution >= 0.6 is 45.3 Å². The van der Waals surface area contributed by atoms with Crippen molar-refractivity contribution >= 4 is 45.3 Å². The molecule has 0 aliphatic rings. The second kappa shape index (κ2) is 20.4. The Labute approximate surface area is 421 Å². The van der Waals surface area contributed by atoms with Gasteiger partial charge < -0.3 is 0 Å². The minimum absolute atomic E-state index is 0.654. The molecule has 0 bridgehead atoms. The maximum atomic E-state index is 4.28. The highest BCUT2D eigenvalue weighted by Crippen LogP contribution is 2.48. The summed E-state index contributed by atoms with van der Waals surface area (Å²) in [6.45, 7) is 2.28. The van der Waals surface area contributed by atoms with Gasteiger partial charge in [0.1, 0.15) is 0 Å². The molecule has 0 aliphatic heterocycles. The Hall–Kier alpha value is -6.87. The standard InChI is InChI=1S/C62H49N3S4/c1-2-3-4-5-6-54-23-24-56(66-54)57-27-28-60(68-57)61-30-29-59(69-61)58-26-25-55(67-58)49-13-21-53(22-14-49)62(50-15-7-43(8-16-50)46-31-37-63-38-32-46,51-17-9-44(10-18-51)47-33-39-64-40-34-47)52-19-11-45(12-20-52)48-35-41-65-42-36-48/h7-42H,2-6H2,1H3. The van der Waals surface area contributed by atoms with Gasteiger partial charge in [-0.05, 0) is 159 Å². The van der Waals surface area contributed by atoms with Gasteiger partial charge in [-0.25, -0.2) is 0 Å². The van der Waals surface area contributed by atoms with Crippen LogP contribution in [0.15, 0.2) is 219 Å². The van der Waals surface area contributed by atoms with Gasteiger partial charge >= 0.3 is 0 Å². The van der Waals surface area contributed by atoms with E-state index >= 15 is 0 Å². The zero-order valence-electron chi connectivity index (χ0n) is 38.3. The number of nitrogens with zero attached hydrogens (tertiary/aromatic N) is 3. The lowest BCUT2D eigenvalue weighted by Gasteiger charge is -2.37. The zero-order chi connectivity index (χ0) is 46.4. The van der Waals surface area contributed by atoms with Gasteiger partial charge in [-0.15, -0.1) is 45.3 Å². The number of rotatable bonds is 16. The summed E-state index contributed by atoms with van der Waals surface area (Å²) in [5.41, 5.74) is 12.2. The van der Waals surface area contributed by atoms with E-state index in [0.29, 0.717) is 0 Å². The predicted molar refractivity (Wildman–Crippen MR) is 296 cm³/mol. The molecular weight excluding hydrogens is 915 g/mol. The summed E-state index contributed by atoms with van der Waals surface area (Å²) in [6, 6.07) is 67.5. The Balaban J connectivity index is 0.937. The van der Waals surface area contributed by atoms with Crippen LogP contribution in [0.4, 0.5) is 0 Å². The summed E-state index contributed by atoms with van der Waals surface area (Å²) in [4.78, 5) is 23.6. The van der Waals surface area contributed by atoms with E-state index in [-0.39, 0.29) is 0 Å². The molecule has 0 saturated carbocycles. The first-order chi connectivity index (χ1) is 34.1. The molecule has 11 aromatic rings. The average molecular weight is 964 g/mol. The van der Waals surface area contributed by atoms with E-state index in [1.54, 1.807) is 0 Å². The molecule has 0 radical (unpaired) electrons. The highest BCUT2D eigenvalue weighted by atomic mass is 32.1. The summed E-state index contributed by atoms with van der Waals surface area (Å²) in [6.07, 6.45) is 17.6. The Morgan fingerprint density at radius 1 is 0.290 bits per heavy atom. The molecule has 4 aromatic carbocycles. The largest absolute Gasteiger partial charge is 0.265 e. The van der Waals surface area contributed by atoms with Crippen LogP contribution in [0, 0.1) is 0 Å². The lowest BCUT2D eigenvalue weighted by Crippen LogP contribution is -2.31. The van der Waals surface area contributed by atoms with Gasteiger partial charge in [0.25, 0.3) is 0 Å². The Morgan fingerprint density at radius 2 is 0.594 bits per heavy atom. The average Bonchev–Trinajstić information content (AvgIpc) is 4.28. The van der Waals surface area contributed by atoms with Crippen LogP contribution in [0.5, 0.6) is 0 Å². The minimum atomic E-state index is -0.654. The third-order valence-electron chi connectivity index (χ3n) is 13.1. The minimum Gasteiger partial charge on any atom is -0.265 e. The smallest absolute Gasteiger partial charge is 0.0701 e. The summed E-state index contributed by atoms with van der Waals surface area (Å²) in [7, 11) is 0. The molecule has 0 amide bonds. The quantitative estimate of drug-likeness (QED) is 0.0715. The molecule has 0 N–H and O–H groups in total. The SMILES string of the molecule is CCCCCCc1ccc(-c2ccc(-c3ccc(-c4ccc(-c5ccc(C(c6ccc(-c7ccncc7)cc6)(c6ccc(-c7ccncc7)cc6)c6ccc(-c7ccncc7)cc6)cc5)s4)s3)s2)s1. The third kappa shape index (κ3) is 9.36. The summed E-state index contributed by atoms with van der Waals surface area (Å²) < 4.78 is 0. The molecule has 336 valence electrons. The number of aromatic nitrogens is 3. The predicted octanol–water partition coefficient (Wildman–Crippen LogP) is 18.3. The number of hydrogen-bond acceptors (Lipinski definition) is 7. The molecule has 7 heterocycles. The van der Waals surface area contributed by atoms with Gasteiger partial charge in [-0.2, -0.15) is 0 Å². The van der Waals surface area contributed by atoms with E-state index in [9.17, 15) is 0 Å². The molecule has 0 fully saturated rings. The fraction of sp³-hybridized carbons (Fsp3) is 0.113. The van der Waals surface area contributed by atoms with Gasteiger partial charge in [0.2, 0.25) is 0 Å². The number of benzene rings is 4. The van der Waals surface area contributed by atoms with Gasteiger partial charge in [0.15, 0.2) is 0 Å². The number of hydrogen-bond donors (Lipinski definition) is 0. The molecule has 0 aliphatic carbocycles. The summed E-state index contributed by atoms with van der Waals surface area (Å²) >= 11 is 7.63. The van der Waals surface area contributed by atoms with Crippen molar-refractivity contribution in [2.24, 2.45) is 0 Å². The van der Waals surface area contributed by atoms with Gasteiger partial charge in [-0.3, -0.25) is 15.0 Å². The molecule has 0 spiro atoms. The molecular formula is C62H49N3S4. The zero-order valence-corrected chi connectivity index (χ0v) is 41.6. The Bertz CT molecular complexity index is 3180. The molecule has 69 heavy (non-hydrogen) atoms. The monoisotopic (exact) mass is 963 g/mol. The topological polar surface area (TPSA) is 38.7 Å². The van der Waals surface area contributed by atoms with Crippen LogP contribution in [0.1, 0.15) is 59.7 Å². The first-order valence-corrected chi connectivity index (χ1v) is 26.9. The van der Waals surface area contributed by atoms with Crippen LogP contribution < -0.4 is 0 Å². The molecule has 7 aromatic heterocycles. The number of pyridine rings is 3. The van der Waals surface area contributed by atoms with Gasteiger partial charge in [0, 0.05) is 76.2 Å². The molecule has 7 heteroatoms. The second-order valence-corrected chi connectivity index (χ2v) is 21.8. The number of aryl methyl sites for hydroxylation is 1. The lowest BCUT2D eigenvalue weighted by molar-refractivity contribution is 0.670. The van der Waals surface area contributed by atoms with Crippen LogP contribution in [0.3, 0.4) is 0 Å². The fourth-order valence-corrected chi connectivity index (χ4v) is 13.8. The van der Waals surface area contributed by atoms with Crippen molar-refractivity contribution in [2.75, 3.05) is 0 Å². The van der Waals surface area contributed by atoms with Crippen molar-refractivity contribution in [3.05, 3.63) is 246 Å². The van der Waals surface area contributed by atoms with E-state index in [0.717, 1.165) is 33.4 Å². The van der Waals surface area contributed by atoms with E-state index in [2.05, 4.69) is 204 Å². The van der Waals surface area contributed by atoms with Crippen LogP contribution in [0.25, 0.3) is 73.1 Å². The summed E-state index contributed by atoms with van der Waals surface area (Å²) in [5, 5.41) is 0. The van der Waals surface area contributed by atoms with Crippen molar-refractivity contribution in [2.45, 2.75) is 44.4 Å². The first-order valence-electron chi connectivity index (χ1n) is 23.7. The molecule has 0 unspecified atom stereocenters.